The maximum Gasteiger partial charge on any atom is 0.253 e. The first-order valence-corrected chi connectivity index (χ1v) is 11.6. The zero-order valence-corrected chi connectivity index (χ0v) is 20.0. The Kier molecular flexibility index (Phi) is 7.93. The van der Waals surface area contributed by atoms with Crippen molar-refractivity contribution in [3.8, 4) is 0 Å². The summed E-state index contributed by atoms with van der Waals surface area (Å²) in [6.45, 7) is 6.00. The molecule has 0 saturated carbocycles. The van der Waals surface area contributed by atoms with Gasteiger partial charge in [-0.3, -0.25) is 9.59 Å². The maximum atomic E-state index is 12.5. The van der Waals surface area contributed by atoms with Crippen molar-refractivity contribution in [2.75, 3.05) is 11.1 Å². The molecule has 32 heavy (non-hydrogen) atoms. The third-order valence-corrected chi connectivity index (χ3v) is 6.26. The molecule has 3 rings (SSSR count). The third-order valence-electron chi connectivity index (χ3n) is 4.91. The molecule has 3 aromatic rings. The molecule has 168 valence electrons. The van der Waals surface area contributed by atoms with Gasteiger partial charge in [-0.2, -0.15) is 0 Å². The van der Waals surface area contributed by atoms with E-state index in [2.05, 4.69) is 34.7 Å². The van der Waals surface area contributed by atoms with Crippen molar-refractivity contribution in [1.82, 2.24) is 20.1 Å². The van der Waals surface area contributed by atoms with E-state index in [-0.39, 0.29) is 17.6 Å². The Morgan fingerprint density at radius 2 is 1.75 bits per heavy atom. The summed E-state index contributed by atoms with van der Waals surface area (Å²) in [6, 6.07) is 14.3. The molecule has 0 bridgehead atoms. The van der Waals surface area contributed by atoms with Crippen molar-refractivity contribution in [1.29, 1.82) is 0 Å². The van der Waals surface area contributed by atoms with Crippen LogP contribution in [0.2, 0.25) is 5.02 Å². The lowest BCUT2D eigenvalue weighted by atomic mass is 10.0. The van der Waals surface area contributed by atoms with Crippen molar-refractivity contribution < 1.29 is 9.59 Å². The van der Waals surface area contributed by atoms with E-state index in [1.54, 1.807) is 28.8 Å². The summed E-state index contributed by atoms with van der Waals surface area (Å²) < 4.78 is 1.78. The number of para-hydroxylation sites is 1. The topological polar surface area (TPSA) is 88.9 Å². The number of hydrogen-bond donors (Lipinski definition) is 2. The van der Waals surface area contributed by atoms with E-state index in [0.717, 1.165) is 11.3 Å². The molecule has 7 nitrogen and oxygen atoms in total. The van der Waals surface area contributed by atoms with Crippen LogP contribution < -0.4 is 10.6 Å². The van der Waals surface area contributed by atoms with Crippen LogP contribution in [-0.2, 0) is 11.8 Å². The Labute approximate surface area is 197 Å². The van der Waals surface area contributed by atoms with Crippen molar-refractivity contribution in [3.63, 3.8) is 0 Å². The van der Waals surface area contributed by atoms with Gasteiger partial charge in [0.05, 0.1) is 22.4 Å². The highest BCUT2D eigenvalue weighted by Gasteiger charge is 2.20. The van der Waals surface area contributed by atoms with Gasteiger partial charge in [0.2, 0.25) is 5.91 Å². The normalized spacial score (nSPS) is 11.9. The molecule has 0 aliphatic rings. The number of amides is 2. The minimum Gasteiger partial charge on any atom is -0.342 e. The van der Waals surface area contributed by atoms with Crippen LogP contribution in [0, 0.1) is 0 Å². The Balaban J connectivity index is 1.60. The molecule has 0 aliphatic heterocycles. The third kappa shape index (κ3) is 5.69. The number of benzene rings is 2. The molecule has 0 fully saturated rings. The highest BCUT2D eigenvalue weighted by molar-refractivity contribution is 7.99. The monoisotopic (exact) mass is 471 g/mol. The molecule has 0 radical (unpaired) electrons. The van der Waals surface area contributed by atoms with Gasteiger partial charge in [-0.25, -0.2) is 0 Å². The van der Waals surface area contributed by atoms with Gasteiger partial charge in [-0.15, -0.1) is 10.2 Å². The molecule has 0 saturated heterocycles. The van der Waals surface area contributed by atoms with E-state index in [1.165, 1.54) is 11.8 Å². The van der Waals surface area contributed by atoms with E-state index in [4.69, 9.17) is 11.6 Å². The number of carbonyl (C=O) groups excluding carboxylic acids is 2. The van der Waals surface area contributed by atoms with Crippen molar-refractivity contribution in [2.24, 2.45) is 7.05 Å². The standard InChI is InChI=1S/C23H26ClN5O2S/c1-14(2)16-9-6-8-12-19(16)26-20(30)13-32-23-28-27-21(29(23)4)15(3)25-22(31)17-10-5-7-11-18(17)24/h5-12,14-15H,13H2,1-4H3,(H,25,31)(H,26,30)/t15-/m0/s1. The van der Waals surface area contributed by atoms with Gasteiger partial charge in [0.15, 0.2) is 11.0 Å². The first-order chi connectivity index (χ1) is 15.3. The average molecular weight is 472 g/mol. The lowest BCUT2D eigenvalue weighted by Gasteiger charge is -2.14. The molecule has 1 aromatic heterocycles. The predicted octanol–water partition coefficient (Wildman–Crippen LogP) is 4.81. The molecular weight excluding hydrogens is 446 g/mol. The van der Waals surface area contributed by atoms with Crippen LogP contribution in [0.25, 0.3) is 0 Å². The van der Waals surface area contributed by atoms with Crippen LogP contribution in [0.15, 0.2) is 53.7 Å². The second-order valence-electron chi connectivity index (χ2n) is 7.65. The van der Waals surface area contributed by atoms with E-state index >= 15 is 0 Å². The van der Waals surface area contributed by atoms with Crippen LogP contribution in [0.1, 0.15) is 54.5 Å². The average Bonchev–Trinajstić information content (AvgIpc) is 3.13. The smallest absolute Gasteiger partial charge is 0.253 e. The molecule has 2 amide bonds. The lowest BCUT2D eigenvalue weighted by molar-refractivity contribution is -0.113. The predicted molar refractivity (Wildman–Crippen MR) is 128 cm³/mol. The minimum absolute atomic E-state index is 0.118. The van der Waals surface area contributed by atoms with Crippen LogP contribution in [0.5, 0.6) is 0 Å². The molecule has 0 aliphatic carbocycles. The minimum atomic E-state index is -0.391. The fourth-order valence-corrected chi connectivity index (χ4v) is 4.18. The van der Waals surface area contributed by atoms with E-state index in [0.29, 0.717) is 27.5 Å². The maximum absolute atomic E-state index is 12.5. The Morgan fingerprint density at radius 3 is 2.47 bits per heavy atom. The number of rotatable bonds is 8. The molecule has 1 heterocycles. The quantitative estimate of drug-likeness (QED) is 0.460. The fraction of sp³-hybridized carbons (Fsp3) is 0.304. The molecule has 0 unspecified atom stereocenters. The van der Waals surface area contributed by atoms with Crippen molar-refractivity contribution >= 4 is 40.9 Å². The summed E-state index contributed by atoms with van der Waals surface area (Å²) in [5, 5.41) is 15.2. The Bertz CT molecular complexity index is 1120. The fourth-order valence-electron chi connectivity index (χ4n) is 3.24. The summed E-state index contributed by atoms with van der Waals surface area (Å²) in [4.78, 5) is 25.0. The SMILES string of the molecule is CC(C)c1ccccc1NC(=O)CSc1nnc([C@H](C)NC(=O)c2ccccc2Cl)n1C. The lowest BCUT2D eigenvalue weighted by Crippen LogP contribution is -2.28. The van der Waals surface area contributed by atoms with Gasteiger partial charge in [-0.05, 0) is 36.6 Å². The largest absolute Gasteiger partial charge is 0.342 e. The molecule has 9 heteroatoms. The number of nitrogens with one attached hydrogen (secondary N) is 2. The van der Waals surface area contributed by atoms with Gasteiger partial charge < -0.3 is 15.2 Å². The van der Waals surface area contributed by atoms with Crippen LogP contribution in [0.4, 0.5) is 5.69 Å². The number of nitrogens with zero attached hydrogens (tertiary/aromatic N) is 3. The summed E-state index contributed by atoms with van der Waals surface area (Å²) in [7, 11) is 1.81. The molecule has 2 N–H and O–H groups in total. The number of thioether (sulfide) groups is 1. The number of carbonyl (C=O) groups is 2. The summed E-state index contributed by atoms with van der Waals surface area (Å²) >= 11 is 7.39. The van der Waals surface area contributed by atoms with Gasteiger partial charge >= 0.3 is 0 Å². The molecular formula is C23H26ClN5O2S. The molecule has 0 spiro atoms. The van der Waals surface area contributed by atoms with E-state index in [1.807, 2.05) is 38.2 Å². The van der Waals surface area contributed by atoms with Crippen molar-refractivity contribution in [2.45, 2.75) is 37.9 Å². The Hall–Kier alpha value is -2.84. The molecule has 1 atom stereocenters. The highest BCUT2D eigenvalue weighted by Crippen LogP contribution is 2.25. The second kappa shape index (κ2) is 10.7. The Morgan fingerprint density at radius 1 is 1.06 bits per heavy atom. The first kappa shape index (κ1) is 23.8. The first-order valence-electron chi connectivity index (χ1n) is 10.2. The summed E-state index contributed by atoms with van der Waals surface area (Å²) in [6.07, 6.45) is 0. The van der Waals surface area contributed by atoms with Gasteiger partial charge in [-0.1, -0.05) is 67.5 Å². The van der Waals surface area contributed by atoms with Crippen LogP contribution >= 0.6 is 23.4 Å². The van der Waals surface area contributed by atoms with Gasteiger partial charge in [0.25, 0.3) is 5.91 Å². The van der Waals surface area contributed by atoms with Crippen molar-refractivity contribution in [3.05, 3.63) is 70.5 Å². The van der Waals surface area contributed by atoms with Crippen LogP contribution in [0.3, 0.4) is 0 Å². The zero-order valence-electron chi connectivity index (χ0n) is 18.4. The van der Waals surface area contributed by atoms with E-state index in [9.17, 15) is 9.59 Å². The van der Waals surface area contributed by atoms with Gasteiger partial charge in [0, 0.05) is 12.7 Å². The zero-order chi connectivity index (χ0) is 23.3. The molecule has 2 aromatic carbocycles. The second-order valence-corrected chi connectivity index (χ2v) is 9.00. The van der Waals surface area contributed by atoms with Gasteiger partial charge in [0.1, 0.15) is 0 Å². The van der Waals surface area contributed by atoms with E-state index < -0.39 is 6.04 Å². The van der Waals surface area contributed by atoms with Crippen LogP contribution in [-0.4, -0.2) is 32.3 Å². The highest BCUT2D eigenvalue weighted by atomic mass is 35.5. The number of halogens is 1. The number of anilines is 1. The summed E-state index contributed by atoms with van der Waals surface area (Å²) in [5.74, 6) is 0.677. The number of aromatic nitrogens is 3. The summed E-state index contributed by atoms with van der Waals surface area (Å²) in [5.41, 5.74) is 2.31. The number of hydrogen-bond acceptors (Lipinski definition) is 5.